The summed E-state index contributed by atoms with van der Waals surface area (Å²) in [5.74, 6) is 0.541. The Balaban J connectivity index is 1.35. The number of anilines is 2. The van der Waals surface area contributed by atoms with Crippen molar-refractivity contribution in [1.82, 2.24) is 0 Å². The standard InChI is InChI=1S/C27H27FN2O4/c28-19-10-13-23-21(16-19)25(31)27(26(34-23)18-8-4-3-5-9-18)33-15-7-2-1-6-14-32-24-17-20(29)11-12-22(24)30/h3-5,8-13,16-17H,1-2,6-7,14-15,29-30H2. The second-order valence-corrected chi connectivity index (χ2v) is 8.00. The maximum Gasteiger partial charge on any atom is 0.235 e. The van der Waals surface area contributed by atoms with Gasteiger partial charge in [-0.2, -0.15) is 0 Å². The third kappa shape index (κ3) is 5.49. The Hall–Kier alpha value is -4.00. The van der Waals surface area contributed by atoms with Crippen LogP contribution in [-0.2, 0) is 0 Å². The number of fused-ring (bicyclic) bond motifs is 1. The molecule has 0 radical (unpaired) electrons. The highest BCUT2D eigenvalue weighted by molar-refractivity contribution is 5.82. The quantitative estimate of drug-likeness (QED) is 0.229. The van der Waals surface area contributed by atoms with E-state index in [-0.39, 0.29) is 16.6 Å². The molecule has 1 aromatic heterocycles. The summed E-state index contributed by atoms with van der Waals surface area (Å²) in [6.07, 6.45) is 3.41. The molecule has 0 saturated carbocycles. The van der Waals surface area contributed by atoms with Crippen LogP contribution >= 0.6 is 0 Å². The molecule has 0 fully saturated rings. The molecule has 6 nitrogen and oxygen atoms in total. The van der Waals surface area contributed by atoms with Crippen LogP contribution in [0.25, 0.3) is 22.3 Å². The highest BCUT2D eigenvalue weighted by Crippen LogP contribution is 2.31. The number of hydrogen-bond donors (Lipinski definition) is 2. The van der Waals surface area contributed by atoms with Crippen molar-refractivity contribution in [2.75, 3.05) is 24.7 Å². The second kappa shape index (κ2) is 10.7. The molecule has 0 aliphatic rings. The molecule has 0 aliphatic heterocycles. The molecule has 7 heteroatoms. The Kier molecular flexibility index (Phi) is 7.32. The van der Waals surface area contributed by atoms with Gasteiger partial charge in [0, 0.05) is 17.3 Å². The van der Waals surface area contributed by atoms with E-state index in [4.69, 9.17) is 25.4 Å². The minimum absolute atomic E-state index is 0.102. The third-order valence-corrected chi connectivity index (χ3v) is 5.43. The lowest BCUT2D eigenvalue weighted by Gasteiger charge is -2.12. The zero-order chi connectivity index (χ0) is 23.9. The first kappa shape index (κ1) is 23.2. The average Bonchev–Trinajstić information content (AvgIpc) is 2.84. The normalized spacial score (nSPS) is 11.0. The van der Waals surface area contributed by atoms with Crippen molar-refractivity contribution in [1.29, 1.82) is 0 Å². The van der Waals surface area contributed by atoms with E-state index < -0.39 is 5.82 Å². The molecule has 3 aromatic carbocycles. The minimum Gasteiger partial charge on any atom is -0.491 e. The maximum atomic E-state index is 13.7. The Morgan fingerprint density at radius 3 is 2.32 bits per heavy atom. The predicted octanol–water partition coefficient (Wildman–Crippen LogP) is 5.78. The fourth-order valence-corrected chi connectivity index (χ4v) is 3.65. The number of nitrogen functional groups attached to an aromatic ring is 2. The summed E-state index contributed by atoms with van der Waals surface area (Å²) in [5.41, 5.74) is 13.5. The molecule has 34 heavy (non-hydrogen) atoms. The SMILES string of the molecule is Nc1ccc(N)c(OCCCCCCOc2c(-c3ccccc3)oc3ccc(F)cc3c2=O)c1. The highest BCUT2D eigenvalue weighted by atomic mass is 19.1. The van der Waals surface area contributed by atoms with E-state index >= 15 is 0 Å². The first-order valence-electron chi connectivity index (χ1n) is 11.3. The van der Waals surface area contributed by atoms with Gasteiger partial charge in [-0.25, -0.2) is 4.39 Å². The van der Waals surface area contributed by atoms with Gasteiger partial charge in [-0.1, -0.05) is 30.3 Å². The van der Waals surface area contributed by atoms with E-state index in [0.29, 0.717) is 41.7 Å². The molecule has 0 atom stereocenters. The Bertz CT molecular complexity index is 1320. The fraction of sp³-hybridized carbons (Fsp3) is 0.222. The van der Waals surface area contributed by atoms with Crippen molar-refractivity contribution in [3.05, 3.63) is 82.8 Å². The summed E-state index contributed by atoms with van der Waals surface area (Å²) >= 11 is 0. The lowest BCUT2D eigenvalue weighted by Crippen LogP contribution is -2.11. The number of halogens is 1. The molecule has 4 aromatic rings. The van der Waals surface area contributed by atoms with Crippen molar-refractivity contribution in [3.8, 4) is 22.8 Å². The molecule has 4 N–H and O–H groups in total. The Morgan fingerprint density at radius 1 is 0.824 bits per heavy atom. The van der Waals surface area contributed by atoms with Crippen LogP contribution in [-0.4, -0.2) is 13.2 Å². The molecule has 0 saturated heterocycles. The minimum atomic E-state index is -0.500. The molecule has 0 amide bonds. The molecule has 0 bridgehead atoms. The van der Waals surface area contributed by atoms with Crippen LogP contribution in [0.2, 0.25) is 0 Å². The van der Waals surface area contributed by atoms with Crippen LogP contribution in [0.4, 0.5) is 15.8 Å². The van der Waals surface area contributed by atoms with Gasteiger partial charge in [-0.15, -0.1) is 0 Å². The monoisotopic (exact) mass is 462 g/mol. The van der Waals surface area contributed by atoms with Gasteiger partial charge in [-0.3, -0.25) is 4.79 Å². The van der Waals surface area contributed by atoms with Gasteiger partial charge in [0.15, 0.2) is 5.76 Å². The van der Waals surface area contributed by atoms with Gasteiger partial charge in [-0.05, 0) is 56.0 Å². The zero-order valence-corrected chi connectivity index (χ0v) is 18.8. The molecule has 1 heterocycles. The smallest absolute Gasteiger partial charge is 0.235 e. The fourth-order valence-electron chi connectivity index (χ4n) is 3.65. The summed E-state index contributed by atoms with van der Waals surface area (Å²) in [6.45, 7) is 0.876. The molecular weight excluding hydrogens is 435 g/mol. The second-order valence-electron chi connectivity index (χ2n) is 8.00. The summed E-state index contributed by atoms with van der Waals surface area (Å²) < 4.78 is 31.3. The number of benzene rings is 3. The van der Waals surface area contributed by atoms with Crippen LogP contribution in [0.15, 0.2) is 75.9 Å². The van der Waals surface area contributed by atoms with Crippen molar-refractivity contribution in [2.45, 2.75) is 25.7 Å². The number of rotatable bonds is 10. The van der Waals surface area contributed by atoms with E-state index in [2.05, 4.69) is 0 Å². The molecule has 4 rings (SSSR count). The van der Waals surface area contributed by atoms with Crippen molar-refractivity contribution in [2.24, 2.45) is 0 Å². The number of nitrogens with two attached hydrogens (primary N) is 2. The van der Waals surface area contributed by atoms with Crippen molar-refractivity contribution < 1.29 is 18.3 Å². The van der Waals surface area contributed by atoms with E-state index in [1.54, 1.807) is 18.2 Å². The predicted molar refractivity (Wildman–Crippen MR) is 133 cm³/mol. The van der Waals surface area contributed by atoms with Crippen molar-refractivity contribution in [3.63, 3.8) is 0 Å². The largest absolute Gasteiger partial charge is 0.491 e. The van der Waals surface area contributed by atoms with Gasteiger partial charge in [0.05, 0.1) is 24.3 Å². The average molecular weight is 463 g/mol. The van der Waals surface area contributed by atoms with Crippen LogP contribution in [0.5, 0.6) is 11.5 Å². The summed E-state index contributed by atoms with van der Waals surface area (Å²) in [6, 6.07) is 18.4. The number of ether oxygens (including phenoxy) is 2. The van der Waals surface area contributed by atoms with E-state index in [1.165, 1.54) is 18.2 Å². The topological polar surface area (TPSA) is 101 Å². The summed E-state index contributed by atoms with van der Waals surface area (Å²) in [4.78, 5) is 13.1. The zero-order valence-electron chi connectivity index (χ0n) is 18.8. The maximum absolute atomic E-state index is 13.7. The molecule has 0 unspecified atom stereocenters. The Labute approximate surface area is 196 Å². The van der Waals surface area contributed by atoms with Crippen LogP contribution in [0.1, 0.15) is 25.7 Å². The van der Waals surface area contributed by atoms with Gasteiger partial charge in [0.1, 0.15) is 17.1 Å². The first-order chi connectivity index (χ1) is 16.5. The first-order valence-corrected chi connectivity index (χ1v) is 11.3. The third-order valence-electron chi connectivity index (χ3n) is 5.43. The summed E-state index contributed by atoms with van der Waals surface area (Å²) in [5, 5.41) is 0.160. The number of unbranched alkanes of at least 4 members (excludes halogenated alkanes) is 3. The van der Waals surface area contributed by atoms with Gasteiger partial charge >= 0.3 is 0 Å². The Morgan fingerprint density at radius 2 is 1.56 bits per heavy atom. The molecule has 0 spiro atoms. The lowest BCUT2D eigenvalue weighted by atomic mass is 10.1. The van der Waals surface area contributed by atoms with E-state index in [9.17, 15) is 9.18 Å². The highest BCUT2D eigenvalue weighted by Gasteiger charge is 2.18. The van der Waals surface area contributed by atoms with Crippen molar-refractivity contribution >= 4 is 22.3 Å². The van der Waals surface area contributed by atoms with Crippen LogP contribution in [0, 0.1) is 5.82 Å². The number of hydrogen-bond acceptors (Lipinski definition) is 6. The van der Waals surface area contributed by atoms with Gasteiger partial charge < -0.3 is 25.4 Å². The summed E-state index contributed by atoms with van der Waals surface area (Å²) in [7, 11) is 0. The van der Waals surface area contributed by atoms with Crippen LogP contribution < -0.4 is 26.4 Å². The van der Waals surface area contributed by atoms with Crippen LogP contribution in [0.3, 0.4) is 0 Å². The molecule has 176 valence electrons. The van der Waals surface area contributed by atoms with E-state index in [0.717, 1.165) is 31.2 Å². The molecule has 0 aliphatic carbocycles. The van der Waals surface area contributed by atoms with Gasteiger partial charge in [0.25, 0.3) is 0 Å². The lowest BCUT2D eigenvalue weighted by molar-refractivity contribution is 0.284. The molecular formula is C27H27FN2O4. The van der Waals surface area contributed by atoms with Gasteiger partial charge in [0.2, 0.25) is 11.2 Å². The van der Waals surface area contributed by atoms with E-state index in [1.807, 2.05) is 30.3 Å².